The van der Waals surface area contributed by atoms with Crippen LogP contribution in [0.15, 0.2) is 51.6 Å². The Morgan fingerprint density at radius 2 is 2.00 bits per heavy atom. The second-order valence-electron chi connectivity index (χ2n) is 11.3. The highest BCUT2D eigenvalue weighted by atomic mass is 35.5. The number of furan rings is 1. The first-order valence-corrected chi connectivity index (χ1v) is 12.4. The lowest BCUT2D eigenvalue weighted by Crippen LogP contribution is -2.61. The van der Waals surface area contributed by atoms with Gasteiger partial charge in [-0.3, -0.25) is 9.59 Å². The lowest BCUT2D eigenvalue weighted by molar-refractivity contribution is -0.152. The van der Waals surface area contributed by atoms with Gasteiger partial charge in [-0.05, 0) is 68.7 Å². The molecule has 0 N–H and O–H groups in total. The van der Waals surface area contributed by atoms with Crippen LogP contribution >= 0.6 is 11.6 Å². The van der Waals surface area contributed by atoms with E-state index in [1.807, 2.05) is 6.08 Å². The minimum absolute atomic E-state index is 0.0176. The summed E-state index contributed by atoms with van der Waals surface area (Å²) in [5.74, 6) is 1.39. The van der Waals surface area contributed by atoms with Gasteiger partial charge in [-0.1, -0.05) is 37.1 Å². The number of ketones is 2. The van der Waals surface area contributed by atoms with E-state index in [0.29, 0.717) is 17.4 Å². The lowest BCUT2D eigenvalue weighted by atomic mass is 9.47. The molecule has 33 heavy (non-hydrogen) atoms. The van der Waals surface area contributed by atoms with Crippen LogP contribution in [0, 0.1) is 28.6 Å². The molecule has 0 aromatic carbocycles. The molecule has 1 saturated heterocycles. The fourth-order valence-electron chi connectivity index (χ4n) is 8.75. The van der Waals surface area contributed by atoms with Crippen molar-refractivity contribution >= 4 is 28.9 Å². The van der Waals surface area contributed by atoms with Crippen molar-refractivity contribution in [2.24, 2.45) is 28.6 Å². The topological polar surface area (TPSA) is 69.0 Å². The van der Waals surface area contributed by atoms with Gasteiger partial charge in [0.1, 0.15) is 10.6 Å². The zero-order valence-electron chi connectivity index (χ0n) is 19.0. The fourth-order valence-corrected chi connectivity index (χ4v) is 9.03. The summed E-state index contributed by atoms with van der Waals surface area (Å²) in [6.45, 7) is 6.58. The first kappa shape index (κ1) is 20.3. The summed E-state index contributed by atoms with van der Waals surface area (Å²) in [4.78, 5) is 26.0. The van der Waals surface area contributed by atoms with Crippen LogP contribution in [0.5, 0.6) is 0 Å². The van der Waals surface area contributed by atoms with Crippen LogP contribution in [-0.2, 0) is 19.1 Å². The average molecular weight is 467 g/mol. The third-order valence-corrected chi connectivity index (χ3v) is 10.6. The van der Waals surface area contributed by atoms with Crippen LogP contribution in [0.4, 0.5) is 0 Å². The van der Waals surface area contributed by atoms with Gasteiger partial charge in [0, 0.05) is 16.7 Å². The summed E-state index contributed by atoms with van der Waals surface area (Å²) < 4.78 is 18.8. The zero-order chi connectivity index (χ0) is 23.0. The predicted molar refractivity (Wildman–Crippen MR) is 121 cm³/mol. The Morgan fingerprint density at radius 1 is 1.18 bits per heavy atom. The molecule has 172 valence electrons. The highest BCUT2D eigenvalue weighted by Crippen LogP contribution is 2.77. The number of halogens is 1. The molecule has 8 atom stereocenters. The van der Waals surface area contributed by atoms with Crippen LogP contribution in [0.2, 0.25) is 0 Å². The van der Waals surface area contributed by atoms with E-state index in [-0.39, 0.29) is 45.6 Å². The van der Waals surface area contributed by atoms with Crippen molar-refractivity contribution in [3.8, 4) is 0 Å². The highest BCUT2D eigenvalue weighted by molar-refractivity contribution is 6.47. The van der Waals surface area contributed by atoms with Crippen molar-refractivity contribution in [1.29, 1.82) is 0 Å². The molecule has 6 heteroatoms. The highest BCUT2D eigenvalue weighted by Gasteiger charge is 2.83. The molecule has 4 fully saturated rings. The van der Waals surface area contributed by atoms with E-state index in [0.717, 1.165) is 25.7 Å². The van der Waals surface area contributed by atoms with Crippen molar-refractivity contribution in [2.75, 3.05) is 0 Å². The van der Waals surface area contributed by atoms with Gasteiger partial charge < -0.3 is 13.9 Å². The van der Waals surface area contributed by atoms with Crippen LogP contribution in [0.25, 0.3) is 5.76 Å². The van der Waals surface area contributed by atoms with Crippen molar-refractivity contribution in [3.05, 3.63) is 53.0 Å². The van der Waals surface area contributed by atoms with Crippen molar-refractivity contribution in [1.82, 2.24) is 0 Å². The Hall–Kier alpha value is -2.11. The van der Waals surface area contributed by atoms with Crippen molar-refractivity contribution in [3.63, 3.8) is 0 Å². The Kier molecular flexibility index (Phi) is 3.64. The summed E-state index contributed by atoms with van der Waals surface area (Å²) in [5, 5.41) is 0.141. The third kappa shape index (κ3) is 2.03. The molecule has 7 rings (SSSR count). The Morgan fingerprint density at radius 3 is 2.76 bits per heavy atom. The third-order valence-electron chi connectivity index (χ3n) is 10.2. The number of allylic oxidation sites excluding steroid dienone is 2. The van der Waals surface area contributed by atoms with E-state index in [9.17, 15) is 9.59 Å². The molecule has 1 aromatic rings. The molecule has 0 radical (unpaired) electrons. The molecule has 5 nitrogen and oxygen atoms in total. The lowest BCUT2D eigenvalue weighted by Gasteiger charge is -2.55. The smallest absolute Gasteiger partial charge is 0.222 e. The molecule has 2 unspecified atom stereocenters. The minimum atomic E-state index is -1.01. The van der Waals surface area contributed by atoms with Crippen LogP contribution < -0.4 is 0 Å². The largest absolute Gasteiger partial charge is 0.473 e. The number of epoxide rings is 1. The van der Waals surface area contributed by atoms with Gasteiger partial charge >= 0.3 is 0 Å². The average Bonchev–Trinajstić information content (AvgIpc) is 3.07. The van der Waals surface area contributed by atoms with E-state index in [4.69, 9.17) is 25.5 Å². The molecule has 1 aromatic heterocycles. The van der Waals surface area contributed by atoms with Gasteiger partial charge in [-0.2, -0.15) is 0 Å². The molecule has 3 saturated carbocycles. The number of rotatable bonds is 1. The summed E-state index contributed by atoms with van der Waals surface area (Å²) >= 11 is 6.62. The summed E-state index contributed by atoms with van der Waals surface area (Å²) in [7, 11) is 0. The van der Waals surface area contributed by atoms with E-state index >= 15 is 0 Å². The summed E-state index contributed by atoms with van der Waals surface area (Å²) in [5.41, 5.74) is -0.795. The van der Waals surface area contributed by atoms with Crippen LogP contribution in [-0.4, -0.2) is 28.9 Å². The monoisotopic (exact) mass is 466 g/mol. The van der Waals surface area contributed by atoms with Gasteiger partial charge in [-0.25, -0.2) is 0 Å². The van der Waals surface area contributed by atoms with Gasteiger partial charge in [0.05, 0.1) is 12.4 Å². The first-order valence-electron chi connectivity index (χ1n) is 12.0. The maximum atomic E-state index is 13.9. The van der Waals surface area contributed by atoms with Crippen LogP contribution in [0.3, 0.4) is 0 Å². The van der Waals surface area contributed by atoms with Gasteiger partial charge in [0.25, 0.3) is 0 Å². The van der Waals surface area contributed by atoms with Crippen molar-refractivity contribution in [2.45, 2.75) is 63.8 Å². The van der Waals surface area contributed by atoms with E-state index in [2.05, 4.69) is 26.8 Å². The fraction of sp³-hybridized carbons (Fsp3) is 0.556. The summed E-state index contributed by atoms with van der Waals surface area (Å²) in [6, 6.07) is 3.56. The number of ether oxygens (including phenoxy) is 2. The van der Waals surface area contributed by atoms with E-state index in [1.54, 1.807) is 24.5 Å². The first-order chi connectivity index (χ1) is 15.7. The Labute approximate surface area is 197 Å². The second kappa shape index (κ2) is 5.92. The van der Waals surface area contributed by atoms with Gasteiger partial charge in [0.2, 0.25) is 5.78 Å². The Bertz CT molecular complexity index is 1210. The number of carbonyl (C=O) groups excluding carboxylic acids is 2. The molecular formula is C27H27ClO5. The molecule has 2 spiro atoms. The number of fused-ring (bicyclic) bond motifs is 4. The number of hydrogen-bond acceptors (Lipinski definition) is 5. The SMILES string of the molecule is C[C@@H]1C[C@H]2[C@@H]3CCC4=CC(=O)C=C[C@]4(C)C34OC4C[C@]2(C)[C@]12OC(c1ccco1)=C(Cl)C2=O. The second-order valence-corrected chi connectivity index (χ2v) is 11.7. The van der Waals surface area contributed by atoms with Crippen LogP contribution in [0.1, 0.15) is 52.2 Å². The van der Waals surface area contributed by atoms with Gasteiger partial charge in [-0.15, -0.1) is 0 Å². The molecule has 2 aliphatic heterocycles. The number of hydrogen-bond donors (Lipinski definition) is 0. The Balaban J connectivity index is 1.32. The standard InChI is InChI=1S/C27H27ClO5/c1-14-11-18-17-7-6-15-12-16(29)8-9-24(15,2)27(17)20(32-27)13-25(18,3)26(14)23(30)21(28)22(33-26)19-5-4-10-31-19/h4-5,8-10,12,14,17-18,20H,6-7,11,13H2,1-3H3/t14-,17+,18+,20?,24+,25+,26+,27?/m1/s1. The molecule has 6 aliphatic rings. The molecule has 4 aliphatic carbocycles. The maximum absolute atomic E-state index is 13.9. The quantitative estimate of drug-likeness (QED) is 0.531. The number of Topliss-reactive ketones (excluding diaryl/α,β-unsaturated/α-hetero) is 1. The zero-order valence-corrected chi connectivity index (χ0v) is 19.8. The molecular weight excluding hydrogens is 440 g/mol. The summed E-state index contributed by atoms with van der Waals surface area (Å²) in [6.07, 6.45) is 10.7. The molecule has 0 bridgehead atoms. The minimum Gasteiger partial charge on any atom is -0.473 e. The molecule has 3 heterocycles. The predicted octanol–water partition coefficient (Wildman–Crippen LogP) is 5.21. The van der Waals surface area contributed by atoms with Gasteiger partial charge in [0.15, 0.2) is 22.9 Å². The van der Waals surface area contributed by atoms with Crippen molar-refractivity contribution < 1.29 is 23.5 Å². The normalized spacial score (nSPS) is 49.4. The van der Waals surface area contributed by atoms with E-state index in [1.165, 1.54) is 5.57 Å². The number of carbonyl (C=O) groups is 2. The molecule has 0 amide bonds. The maximum Gasteiger partial charge on any atom is 0.222 e. The van der Waals surface area contributed by atoms with E-state index < -0.39 is 11.0 Å².